The molecule has 35 heavy (non-hydrogen) atoms. The maximum absolute atomic E-state index is 12.9. The van der Waals surface area contributed by atoms with Crippen molar-refractivity contribution in [1.82, 2.24) is 0 Å². The summed E-state index contributed by atoms with van der Waals surface area (Å²) in [5.41, 5.74) is 1.75. The standard InChI is InChI=1S/C28H32O7/c1-17(32-2)33-16-34-25-12-22(27(31)35-23-6-3-21(4-7-23)26(29)30)5-8-24(25)28-13-18-9-19(14-28)11-20(10-18)15-28/h3-8,12,17-20H,9-11,13-16H2,1-2H3,(H,29,30). The van der Waals surface area contributed by atoms with E-state index in [9.17, 15) is 9.59 Å². The molecule has 2 aromatic carbocycles. The lowest BCUT2D eigenvalue weighted by Crippen LogP contribution is -2.48. The number of carboxylic acids is 1. The van der Waals surface area contributed by atoms with Crippen molar-refractivity contribution in [3.63, 3.8) is 0 Å². The van der Waals surface area contributed by atoms with Crippen molar-refractivity contribution in [2.75, 3.05) is 13.9 Å². The summed E-state index contributed by atoms with van der Waals surface area (Å²) in [4.78, 5) is 24.0. The average molecular weight is 481 g/mol. The first-order valence-electron chi connectivity index (χ1n) is 12.3. The summed E-state index contributed by atoms with van der Waals surface area (Å²) < 4.78 is 22.4. The van der Waals surface area contributed by atoms with Crippen molar-refractivity contribution < 1.29 is 33.6 Å². The van der Waals surface area contributed by atoms with E-state index in [1.165, 1.54) is 62.8 Å². The highest BCUT2D eigenvalue weighted by Gasteiger charge is 2.52. The molecular formula is C28H32O7. The van der Waals surface area contributed by atoms with Gasteiger partial charge in [0.2, 0.25) is 0 Å². The van der Waals surface area contributed by atoms with Crippen LogP contribution in [-0.2, 0) is 14.9 Å². The van der Waals surface area contributed by atoms with Crippen LogP contribution < -0.4 is 9.47 Å². The number of hydrogen-bond acceptors (Lipinski definition) is 6. The number of methoxy groups -OCH3 is 1. The molecule has 7 nitrogen and oxygen atoms in total. The van der Waals surface area contributed by atoms with Crippen molar-refractivity contribution in [3.05, 3.63) is 59.2 Å². The predicted molar refractivity (Wildman–Crippen MR) is 128 cm³/mol. The fraction of sp³-hybridized carbons (Fsp3) is 0.500. The zero-order valence-corrected chi connectivity index (χ0v) is 20.2. The zero-order valence-electron chi connectivity index (χ0n) is 20.2. The molecule has 0 heterocycles. The van der Waals surface area contributed by atoms with Gasteiger partial charge in [0.15, 0.2) is 13.1 Å². The van der Waals surface area contributed by atoms with Crippen LogP contribution in [0.4, 0.5) is 0 Å². The number of rotatable bonds is 9. The van der Waals surface area contributed by atoms with Crippen LogP contribution >= 0.6 is 0 Å². The minimum atomic E-state index is -1.03. The molecular weight excluding hydrogens is 448 g/mol. The lowest BCUT2D eigenvalue weighted by atomic mass is 9.48. The van der Waals surface area contributed by atoms with Gasteiger partial charge in [0, 0.05) is 12.7 Å². The third-order valence-electron chi connectivity index (χ3n) is 7.99. The Morgan fingerprint density at radius 2 is 1.57 bits per heavy atom. The maximum atomic E-state index is 12.9. The molecule has 4 saturated carbocycles. The van der Waals surface area contributed by atoms with E-state index in [1.54, 1.807) is 20.1 Å². The van der Waals surface area contributed by atoms with Crippen LogP contribution in [0.15, 0.2) is 42.5 Å². The summed E-state index contributed by atoms with van der Waals surface area (Å²) in [6, 6.07) is 11.4. The van der Waals surface area contributed by atoms with Crippen LogP contribution in [-0.4, -0.2) is 37.2 Å². The minimum absolute atomic E-state index is 0.0174. The largest absolute Gasteiger partial charge is 0.478 e. The van der Waals surface area contributed by atoms with Crippen molar-refractivity contribution in [2.45, 2.75) is 57.2 Å². The fourth-order valence-electron chi connectivity index (χ4n) is 6.74. The Balaban J connectivity index is 1.40. The first-order chi connectivity index (χ1) is 16.8. The number of carbonyl (C=O) groups is 2. The van der Waals surface area contributed by atoms with Crippen molar-refractivity contribution in [2.24, 2.45) is 17.8 Å². The first kappa shape index (κ1) is 23.8. The molecule has 0 aromatic heterocycles. The van der Waals surface area contributed by atoms with Crippen LogP contribution in [0.1, 0.15) is 71.7 Å². The number of aromatic carboxylic acids is 1. The molecule has 4 fully saturated rings. The summed E-state index contributed by atoms with van der Waals surface area (Å²) in [7, 11) is 1.57. The Bertz CT molecular complexity index is 1060. The second kappa shape index (κ2) is 9.63. The highest BCUT2D eigenvalue weighted by atomic mass is 16.7. The number of ether oxygens (including phenoxy) is 4. The summed E-state index contributed by atoms with van der Waals surface area (Å²) >= 11 is 0. The molecule has 4 aliphatic rings. The van der Waals surface area contributed by atoms with Gasteiger partial charge in [0.1, 0.15) is 11.5 Å². The molecule has 1 unspecified atom stereocenters. The summed E-state index contributed by atoms with van der Waals surface area (Å²) in [6.45, 7) is 1.82. The van der Waals surface area contributed by atoms with E-state index in [1.807, 2.05) is 12.1 Å². The highest BCUT2D eigenvalue weighted by molar-refractivity contribution is 5.92. The van der Waals surface area contributed by atoms with Crippen LogP contribution in [0.3, 0.4) is 0 Å². The normalized spacial score (nSPS) is 27.4. The molecule has 0 spiro atoms. The number of hydrogen-bond donors (Lipinski definition) is 1. The summed E-state index contributed by atoms with van der Waals surface area (Å²) in [5.74, 6) is 1.71. The molecule has 6 rings (SSSR count). The van der Waals surface area contributed by atoms with Gasteiger partial charge >= 0.3 is 11.9 Å². The van der Waals surface area contributed by atoms with Crippen molar-refractivity contribution >= 4 is 11.9 Å². The third-order valence-corrected chi connectivity index (χ3v) is 7.99. The molecule has 0 saturated heterocycles. The van der Waals surface area contributed by atoms with Gasteiger partial charge in [-0.3, -0.25) is 0 Å². The van der Waals surface area contributed by atoms with Gasteiger partial charge in [-0.05, 0) is 105 Å². The number of carbonyl (C=O) groups excluding carboxylic acids is 1. The van der Waals surface area contributed by atoms with Crippen molar-refractivity contribution in [3.8, 4) is 11.5 Å². The monoisotopic (exact) mass is 480 g/mol. The van der Waals surface area contributed by atoms with E-state index in [0.29, 0.717) is 11.3 Å². The smallest absolute Gasteiger partial charge is 0.343 e. The van der Waals surface area contributed by atoms with Crippen LogP contribution in [0.5, 0.6) is 11.5 Å². The Labute approximate surface area is 205 Å². The SMILES string of the molecule is COC(C)OCOc1cc(C(=O)Oc2ccc(C(=O)O)cc2)ccc1C12CC3CC(CC(C3)C1)C2. The molecule has 0 radical (unpaired) electrons. The van der Waals surface area contributed by atoms with Crippen LogP contribution in [0, 0.1) is 17.8 Å². The average Bonchev–Trinajstić information content (AvgIpc) is 2.83. The topological polar surface area (TPSA) is 91.3 Å². The molecule has 0 aliphatic heterocycles. The van der Waals surface area contributed by atoms with Crippen molar-refractivity contribution in [1.29, 1.82) is 0 Å². The molecule has 2 aromatic rings. The zero-order chi connectivity index (χ0) is 24.6. The molecule has 7 heteroatoms. The van der Waals surface area contributed by atoms with Crippen LogP contribution in [0.2, 0.25) is 0 Å². The fourth-order valence-corrected chi connectivity index (χ4v) is 6.74. The lowest BCUT2D eigenvalue weighted by Gasteiger charge is -2.57. The van der Waals surface area contributed by atoms with Gasteiger partial charge in [-0.1, -0.05) is 6.07 Å². The Morgan fingerprint density at radius 1 is 0.971 bits per heavy atom. The summed E-state index contributed by atoms with van der Waals surface area (Å²) in [5, 5.41) is 9.06. The molecule has 186 valence electrons. The molecule has 1 N–H and O–H groups in total. The second-order valence-electron chi connectivity index (χ2n) is 10.4. The van der Waals surface area contributed by atoms with Gasteiger partial charge < -0.3 is 24.1 Å². The molecule has 0 amide bonds. The van der Waals surface area contributed by atoms with Gasteiger partial charge in [-0.25, -0.2) is 9.59 Å². The summed E-state index contributed by atoms with van der Waals surface area (Å²) in [6.07, 6.45) is 7.14. The third kappa shape index (κ3) is 4.93. The number of benzene rings is 2. The molecule has 4 bridgehead atoms. The Hall–Kier alpha value is -2.90. The minimum Gasteiger partial charge on any atom is -0.478 e. The van der Waals surface area contributed by atoms with Gasteiger partial charge in [-0.15, -0.1) is 0 Å². The quantitative estimate of drug-likeness (QED) is 0.291. The van der Waals surface area contributed by atoms with E-state index >= 15 is 0 Å². The Morgan fingerprint density at radius 3 is 2.14 bits per heavy atom. The van der Waals surface area contributed by atoms with E-state index in [4.69, 9.17) is 24.1 Å². The van der Waals surface area contributed by atoms with Gasteiger partial charge in [0.05, 0.1) is 11.1 Å². The van der Waals surface area contributed by atoms with E-state index < -0.39 is 18.2 Å². The van der Waals surface area contributed by atoms with E-state index in [2.05, 4.69) is 0 Å². The first-order valence-corrected chi connectivity index (χ1v) is 12.3. The van der Waals surface area contributed by atoms with E-state index in [-0.39, 0.29) is 23.5 Å². The number of carboxylic acid groups (broad SMARTS) is 1. The maximum Gasteiger partial charge on any atom is 0.343 e. The highest BCUT2D eigenvalue weighted by Crippen LogP contribution is 2.61. The Kier molecular flexibility index (Phi) is 6.55. The number of esters is 1. The molecule has 1 atom stereocenters. The van der Waals surface area contributed by atoms with Gasteiger partial charge in [-0.2, -0.15) is 0 Å². The van der Waals surface area contributed by atoms with Gasteiger partial charge in [0.25, 0.3) is 0 Å². The van der Waals surface area contributed by atoms with Crippen LogP contribution in [0.25, 0.3) is 0 Å². The van der Waals surface area contributed by atoms with E-state index in [0.717, 1.165) is 23.3 Å². The molecule has 4 aliphatic carbocycles. The second-order valence-corrected chi connectivity index (χ2v) is 10.4. The lowest BCUT2D eigenvalue weighted by molar-refractivity contribution is -0.150. The predicted octanol–water partition coefficient (Wildman–Crippen LogP) is 5.42.